The number of amidine groups is 1. The van der Waals surface area contributed by atoms with E-state index in [1.165, 1.54) is 19.9 Å². The van der Waals surface area contributed by atoms with Gasteiger partial charge in [0.25, 0.3) is 0 Å². The Morgan fingerprint density at radius 3 is 2.78 bits per heavy atom. The van der Waals surface area contributed by atoms with Gasteiger partial charge in [0.2, 0.25) is 6.41 Å². The number of amides is 1. The number of ether oxygens (including phenoxy) is 2. The first-order chi connectivity index (χ1) is 10.8. The zero-order chi connectivity index (χ0) is 17.5. The minimum atomic E-state index is -1.52. The van der Waals surface area contributed by atoms with Crippen LogP contribution in [0, 0.1) is 0 Å². The monoisotopic (exact) mass is 329 g/mol. The lowest BCUT2D eigenvalue weighted by molar-refractivity contribution is -0.166. The van der Waals surface area contributed by atoms with Crippen LogP contribution < -0.4 is 5.48 Å². The highest BCUT2D eigenvalue weighted by Crippen LogP contribution is 2.22. The summed E-state index contributed by atoms with van der Waals surface area (Å²) in [5, 5.41) is 18.2. The summed E-state index contributed by atoms with van der Waals surface area (Å²) < 4.78 is 10.8. The van der Waals surface area contributed by atoms with E-state index in [1.54, 1.807) is 23.6 Å². The Balaban J connectivity index is 2.44. The summed E-state index contributed by atoms with van der Waals surface area (Å²) in [6.07, 6.45) is 4.27. The molecule has 2 unspecified atom stereocenters. The summed E-state index contributed by atoms with van der Waals surface area (Å²) in [6.45, 7) is 2.80. The Bertz CT molecular complexity index is 472. The van der Waals surface area contributed by atoms with Gasteiger partial charge in [-0.1, -0.05) is 0 Å². The second-order valence-corrected chi connectivity index (χ2v) is 5.66. The van der Waals surface area contributed by atoms with Crippen LogP contribution in [0.25, 0.3) is 0 Å². The summed E-state index contributed by atoms with van der Waals surface area (Å²) in [5.41, 5.74) is 0.263. The molecule has 1 aliphatic rings. The summed E-state index contributed by atoms with van der Waals surface area (Å²) in [5.74, 6) is -0.693. The van der Waals surface area contributed by atoms with E-state index < -0.39 is 11.6 Å². The van der Waals surface area contributed by atoms with Crippen molar-refractivity contribution in [2.24, 2.45) is 4.99 Å². The molecule has 0 radical (unpaired) electrons. The van der Waals surface area contributed by atoms with Crippen LogP contribution in [-0.2, 0) is 19.1 Å². The summed E-state index contributed by atoms with van der Waals surface area (Å²) >= 11 is 0. The number of hydrogen-bond donors (Lipinski definition) is 3. The molecule has 130 valence electrons. The fourth-order valence-corrected chi connectivity index (χ4v) is 1.90. The Morgan fingerprint density at radius 2 is 2.22 bits per heavy atom. The zero-order valence-electron chi connectivity index (χ0n) is 13.4. The molecule has 1 heterocycles. The van der Waals surface area contributed by atoms with Crippen molar-refractivity contribution in [3.8, 4) is 0 Å². The van der Waals surface area contributed by atoms with Crippen LogP contribution >= 0.6 is 0 Å². The molecular formula is C14H23N3O6. The first-order valence-corrected chi connectivity index (χ1v) is 7.14. The van der Waals surface area contributed by atoms with Gasteiger partial charge in [-0.3, -0.25) is 15.5 Å². The molecule has 0 saturated carbocycles. The Hall–Kier alpha value is -1.97. The third-order valence-electron chi connectivity index (χ3n) is 3.21. The van der Waals surface area contributed by atoms with Crippen LogP contribution in [-0.4, -0.2) is 65.0 Å². The Kier molecular flexibility index (Phi) is 7.14. The van der Waals surface area contributed by atoms with E-state index in [9.17, 15) is 14.7 Å². The fourth-order valence-electron chi connectivity index (χ4n) is 1.90. The molecule has 0 aromatic rings. The number of hydroxylamine groups is 1. The van der Waals surface area contributed by atoms with Crippen molar-refractivity contribution in [2.75, 3.05) is 13.7 Å². The highest BCUT2D eigenvalue weighted by atomic mass is 16.6. The van der Waals surface area contributed by atoms with Crippen LogP contribution in [0.1, 0.15) is 26.7 Å². The Morgan fingerprint density at radius 1 is 1.52 bits per heavy atom. The number of carbonyl (C=O) groups is 2. The average molecular weight is 329 g/mol. The average Bonchev–Trinajstić information content (AvgIpc) is 2.96. The lowest BCUT2D eigenvalue weighted by Gasteiger charge is -2.23. The summed E-state index contributed by atoms with van der Waals surface area (Å²) in [4.78, 5) is 26.8. The quantitative estimate of drug-likeness (QED) is 0.193. The molecule has 23 heavy (non-hydrogen) atoms. The number of esters is 1. The van der Waals surface area contributed by atoms with Gasteiger partial charge < -0.3 is 19.5 Å². The zero-order valence-corrected chi connectivity index (χ0v) is 13.4. The largest absolute Gasteiger partial charge is 0.461 e. The molecule has 1 saturated heterocycles. The second kappa shape index (κ2) is 8.61. The van der Waals surface area contributed by atoms with Crippen LogP contribution in [0.15, 0.2) is 17.3 Å². The molecule has 3 N–H and O–H groups in total. The standard InChI is InChI=1S/C14H23N3O6/c1-14(2,20)13(19)22-8-10-4-5-12(23-10)17(3)7-6-11(16-21)15-9-18/h6-7,9-10,12,20-21H,4-5,8H2,1-3H3,(H,15,16,18)/b7-6-. The van der Waals surface area contributed by atoms with E-state index in [0.717, 1.165) is 6.42 Å². The molecule has 0 aliphatic carbocycles. The van der Waals surface area contributed by atoms with E-state index in [0.29, 0.717) is 12.8 Å². The lowest BCUT2D eigenvalue weighted by Crippen LogP contribution is -2.35. The van der Waals surface area contributed by atoms with E-state index in [-0.39, 0.29) is 24.8 Å². The summed E-state index contributed by atoms with van der Waals surface area (Å²) in [7, 11) is 1.77. The second-order valence-electron chi connectivity index (χ2n) is 5.66. The van der Waals surface area contributed by atoms with Crippen molar-refractivity contribution >= 4 is 18.2 Å². The molecule has 1 fully saturated rings. The van der Waals surface area contributed by atoms with Crippen molar-refractivity contribution in [3.05, 3.63) is 12.3 Å². The van der Waals surface area contributed by atoms with E-state index >= 15 is 0 Å². The van der Waals surface area contributed by atoms with Gasteiger partial charge in [0.15, 0.2) is 11.4 Å². The van der Waals surface area contributed by atoms with Crippen LogP contribution in [0.2, 0.25) is 0 Å². The minimum Gasteiger partial charge on any atom is -0.461 e. The maximum atomic E-state index is 11.5. The van der Waals surface area contributed by atoms with Gasteiger partial charge in [-0.2, -0.15) is 4.99 Å². The number of aliphatic hydroxyl groups is 1. The predicted molar refractivity (Wildman–Crippen MR) is 80.5 cm³/mol. The molecule has 9 nitrogen and oxygen atoms in total. The fraction of sp³-hybridized carbons (Fsp3) is 0.643. The van der Waals surface area contributed by atoms with Crippen LogP contribution in [0.4, 0.5) is 0 Å². The topological polar surface area (TPSA) is 121 Å². The van der Waals surface area contributed by atoms with E-state index in [2.05, 4.69) is 4.99 Å². The molecule has 1 rings (SSSR count). The SMILES string of the molecule is CN(/C=C\C(=N/C=O)NO)C1CCC(COC(=O)C(C)(C)O)O1. The minimum absolute atomic E-state index is 0.000467. The van der Waals surface area contributed by atoms with Crippen molar-refractivity contribution in [2.45, 2.75) is 44.6 Å². The van der Waals surface area contributed by atoms with Gasteiger partial charge in [-0.25, -0.2) is 4.79 Å². The first kappa shape index (κ1) is 19.1. The number of hydrogen-bond acceptors (Lipinski definition) is 7. The third kappa shape index (κ3) is 6.35. The molecule has 1 amide bonds. The normalized spacial score (nSPS) is 22.2. The van der Waals surface area contributed by atoms with E-state index in [1.807, 2.05) is 0 Å². The Labute approximate surface area is 134 Å². The van der Waals surface area contributed by atoms with E-state index in [4.69, 9.17) is 14.7 Å². The van der Waals surface area contributed by atoms with Gasteiger partial charge in [0.1, 0.15) is 12.8 Å². The van der Waals surface area contributed by atoms with Crippen LogP contribution in [0.5, 0.6) is 0 Å². The highest BCUT2D eigenvalue weighted by molar-refractivity contribution is 5.95. The first-order valence-electron chi connectivity index (χ1n) is 7.14. The number of nitrogens with zero attached hydrogens (tertiary/aromatic N) is 2. The third-order valence-corrected chi connectivity index (χ3v) is 3.21. The predicted octanol–water partition coefficient (Wildman–Crippen LogP) is -0.215. The molecule has 9 heteroatoms. The molecule has 0 bridgehead atoms. The number of aliphatic imine (C=N–C) groups is 1. The molecule has 0 aromatic heterocycles. The highest BCUT2D eigenvalue weighted by Gasteiger charge is 2.31. The van der Waals surface area contributed by atoms with Crippen LogP contribution in [0.3, 0.4) is 0 Å². The smallest absolute Gasteiger partial charge is 0.337 e. The maximum Gasteiger partial charge on any atom is 0.337 e. The van der Waals surface area contributed by atoms with Crippen molar-refractivity contribution in [3.63, 3.8) is 0 Å². The molecule has 2 atom stereocenters. The van der Waals surface area contributed by atoms with Crippen molar-refractivity contribution in [1.29, 1.82) is 0 Å². The van der Waals surface area contributed by atoms with Gasteiger partial charge in [-0.15, -0.1) is 0 Å². The lowest BCUT2D eigenvalue weighted by atomic mass is 10.1. The maximum absolute atomic E-state index is 11.5. The van der Waals surface area contributed by atoms with Crippen molar-refractivity contribution < 1.29 is 29.4 Å². The molecule has 0 spiro atoms. The molecule has 1 aliphatic heterocycles. The van der Waals surface area contributed by atoms with Crippen molar-refractivity contribution in [1.82, 2.24) is 10.4 Å². The number of carbonyl (C=O) groups excluding carboxylic acids is 2. The molecule has 0 aromatic carbocycles. The van der Waals surface area contributed by atoms with Gasteiger partial charge in [0, 0.05) is 13.2 Å². The number of nitrogens with one attached hydrogen (secondary N) is 1. The van der Waals surface area contributed by atoms with Gasteiger partial charge in [-0.05, 0) is 32.8 Å². The summed E-state index contributed by atoms with van der Waals surface area (Å²) in [6, 6.07) is 0. The van der Waals surface area contributed by atoms with Gasteiger partial charge in [0.05, 0.1) is 6.10 Å². The number of rotatable bonds is 7. The molecular weight excluding hydrogens is 306 g/mol. The van der Waals surface area contributed by atoms with Gasteiger partial charge >= 0.3 is 5.97 Å².